The number of carboxylic acids is 1. The molecule has 5 nitrogen and oxygen atoms in total. The quantitative estimate of drug-likeness (QED) is 0.403. The van der Waals surface area contributed by atoms with Crippen molar-refractivity contribution < 1.29 is 29.2 Å². The molecule has 1 aliphatic heterocycles. The van der Waals surface area contributed by atoms with Crippen LogP contribution in [0.5, 0.6) is 0 Å². The predicted octanol–water partition coefficient (Wildman–Crippen LogP) is 3.71. The van der Waals surface area contributed by atoms with E-state index < -0.39 is 18.2 Å². The van der Waals surface area contributed by atoms with E-state index >= 15 is 0 Å². The average Bonchev–Trinajstić information content (AvgIpc) is 3.10. The van der Waals surface area contributed by atoms with Crippen molar-refractivity contribution in [3.8, 4) is 0 Å². The van der Waals surface area contributed by atoms with Crippen LogP contribution in [0, 0.1) is 11.8 Å². The first-order valence-corrected chi connectivity index (χ1v) is 9.72. The average molecular weight is 370 g/mol. The molecule has 3 N–H and O–H groups in total. The molecule has 5 atom stereocenters. The second kappa shape index (κ2) is 10.1. The molecule has 1 saturated carbocycles. The number of aliphatic carboxylic acids is 1. The van der Waals surface area contributed by atoms with Crippen LogP contribution in [-0.4, -0.2) is 39.6 Å². The first kappa shape index (κ1) is 20.9. The zero-order chi connectivity index (χ0) is 19.1. The number of rotatable bonds is 10. The smallest absolute Gasteiger partial charge is 0.303 e. The van der Waals surface area contributed by atoms with Crippen molar-refractivity contribution >= 4 is 5.97 Å². The zero-order valence-electron chi connectivity index (χ0n) is 15.4. The third-order valence-corrected chi connectivity index (χ3v) is 5.35. The van der Waals surface area contributed by atoms with E-state index in [9.17, 15) is 19.4 Å². The van der Waals surface area contributed by atoms with E-state index in [1.807, 2.05) is 6.08 Å². The molecule has 0 radical (unpaired) electrons. The van der Waals surface area contributed by atoms with Crippen LogP contribution < -0.4 is 0 Å². The van der Waals surface area contributed by atoms with Crippen LogP contribution in [0.25, 0.3) is 0 Å². The number of hydrogen-bond acceptors (Lipinski definition) is 4. The molecule has 0 aromatic heterocycles. The van der Waals surface area contributed by atoms with E-state index in [4.69, 9.17) is 9.84 Å². The van der Waals surface area contributed by atoms with E-state index in [2.05, 4.69) is 6.92 Å². The second-order valence-electron chi connectivity index (χ2n) is 7.43. The summed E-state index contributed by atoms with van der Waals surface area (Å²) in [6.45, 7) is 2.11. The lowest BCUT2D eigenvalue weighted by molar-refractivity contribution is -0.137. The molecular weight excluding hydrogens is 339 g/mol. The molecule has 2 fully saturated rings. The number of carboxylic acid groups (broad SMARTS) is 1. The van der Waals surface area contributed by atoms with Crippen LogP contribution in [0.2, 0.25) is 0 Å². The van der Waals surface area contributed by atoms with Crippen LogP contribution >= 0.6 is 0 Å². The summed E-state index contributed by atoms with van der Waals surface area (Å²) in [7, 11) is 0. The SMILES string of the molecule is CCCCCC(O)/C=C/C1C(O)CC2O/C(=C(/F)CCCC(=O)O)CC21. The minimum Gasteiger partial charge on any atom is -0.492 e. The lowest BCUT2D eigenvalue weighted by Crippen LogP contribution is -2.18. The van der Waals surface area contributed by atoms with Crippen molar-refractivity contribution in [2.24, 2.45) is 11.8 Å². The molecule has 5 unspecified atom stereocenters. The van der Waals surface area contributed by atoms with Gasteiger partial charge in [-0.25, -0.2) is 4.39 Å². The minimum atomic E-state index is -0.933. The molecule has 1 heterocycles. The molecule has 0 bridgehead atoms. The lowest BCUT2D eigenvalue weighted by atomic mass is 9.90. The summed E-state index contributed by atoms with van der Waals surface area (Å²) >= 11 is 0. The Morgan fingerprint density at radius 3 is 2.81 bits per heavy atom. The molecule has 2 aliphatic rings. The van der Waals surface area contributed by atoms with Crippen molar-refractivity contribution in [1.82, 2.24) is 0 Å². The van der Waals surface area contributed by atoms with E-state index in [0.717, 1.165) is 19.3 Å². The summed E-state index contributed by atoms with van der Waals surface area (Å²) in [6, 6.07) is 0. The highest BCUT2D eigenvalue weighted by Crippen LogP contribution is 2.46. The van der Waals surface area contributed by atoms with Gasteiger partial charge >= 0.3 is 5.97 Å². The Kier molecular flexibility index (Phi) is 8.10. The fourth-order valence-electron chi connectivity index (χ4n) is 3.89. The van der Waals surface area contributed by atoms with Gasteiger partial charge in [0.25, 0.3) is 0 Å². The van der Waals surface area contributed by atoms with Crippen molar-refractivity contribution in [2.45, 2.75) is 83.0 Å². The number of fused-ring (bicyclic) bond motifs is 1. The summed E-state index contributed by atoms with van der Waals surface area (Å²) in [5.74, 6) is -1.15. The third kappa shape index (κ3) is 5.81. The molecule has 1 saturated heterocycles. The van der Waals surface area contributed by atoms with Gasteiger partial charge in [0.1, 0.15) is 17.7 Å². The largest absolute Gasteiger partial charge is 0.492 e. The Balaban J connectivity index is 1.90. The van der Waals surface area contributed by atoms with Gasteiger partial charge in [-0.2, -0.15) is 0 Å². The van der Waals surface area contributed by atoms with Crippen LogP contribution in [0.4, 0.5) is 4.39 Å². The van der Waals surface area contributed by atoms with Gasteiger partial charge in [-0.3, -0.25) is 4.79 Å². The van der Waals surface area contributed by atoms with Crippen LogP contribution in [0.3, 0.4) is 0 Å². The Bertz CT molecular complexity index is 530. The molecule has 26 heavy (non-hydrogen) atoms. The molecule has 0 amide bonds. The molecule has 0 aromatic rings. The Morgan fingerprint density at radius 1 is 1.35 bits per heavy atom. The third-order valence-electron chi connectivity index (χ3n) is 5.35. The normalized spacial score (nSPS) is 31.1. The van der Waals surface area contributed by atoms with E-state index in [1.165, 1.54) is 0 Å². The molecular formula is C20H31FO5. The van der Waals surface area contributed by atoms with Gasteiger partial charge in [-0.05, 0) is 12.8 Å². The maximum atomic E-state index is 14.2. The number of aliphatic hydroxyl groups is 2. The molecule has 6 heteroatoms. The maximum absolute atomic E-state index is 14.2. The highest BCUT2D eigenvalue weighted by Gasteiger charge is 2.47. The first-order valence-electron chi connectivity index (χ1n) is 9.72. The molecule has 148 valence electrons. The second-order valence-corrected chi connectivity index (χ2v) is 7.43. The van der Waals surface area contributed by atoms with Crippen molar-refractivity contribution in [1.29, 1.82) is 0 Å². The van der Waals surface area contributed by atoms with E-state index in [-0.39, 0.29) is 43.0 Å². The van der Waals surface area contributed by atoms with Gasteiger partial charge in [-0.15, -0.1) is 0 Å². The monoisotopic (exact) mass is 370 g/mol. The van der Waals surface area contributed by atoms with Crippen molar-refractivity contribution in [3.63, 3.8) is 0 Å². The summed E-state index contributed by atoms with van der Waals surface area (Å²) in [6.07, 6.45) is 7.34. The number of carbonyl (C=O) groups is 1. The Labute approximate surface area is 154 Å². The predicted molar refractivity (Wildman–Crippen MR) is 96.0 cm³/mol. The molecule has 2 rings (SSSR count). The van der Waals surface area contributed by atoms with Gasteiger partial charge in [0, 0.05) is 37.5 Å². The van der Waals surface area contributed by atoms with Gasteiger partial charge in [-0.1, -0.05) is 38.3 Å². The highest BCUT2D eigenvalue weighted by atomic mass is 19.1. The molecule has 1 aliphatic carbocycles. The minimum absolute atomic E-state index is 0.00400. The van der Waals surface area contributed by atoms with Crippen LogP contribution in [0.1, 0.15) is 64.7 Å². The fourth-order valence-corrected chi connectivity index (χ4v) is 3.89. The maximum Gasteiger partial charge on any atom is 0.303 e. The number of unbranched alkanes of at least 4 members (excludes halogenated alkanes) is 2. The standard InChI is InChI=1S/C20H31FO5/c1-2-3-4-6-13(22)9-10-14-15-11-19(26-18(15)12-17(14)23)16(21)7-5-8-20(24)25/h9-10,13-15,17-18,22-23H,2-8,11-12H2,1H3,(H,24,25)/b10-9+,19-16+. The number of ether oxygens (including phenoxy) is 1. The number of allylic oxidation sites excluding steroid dienone is 2. The van der Waals surface area contributed by atoms with E-state index in [0.29, 0.717) is 25.0 Å². The number of halogens is 1. The fraction of sp³-hybridized carbons (Fsp3) is 0.750. The van der Waals surface area contributed by atoms with Gasteiger partial charge in [0.2, 0.25) is 0 Å². The first-order chi connectivity index (χ1) is 12.4. The topological polar surface area (TPSA) is 87.0 Å². The van der Waals surface area contributed by atoms with Crippen LogP contribution in [-0.2, 0) is 9.53 Å². The van der Waals surface area contributed by atoms with Gasteiger partial charge < -0.3 is 20.1 Å². The molecule has 0 aromatic carbocycles. The highest BCUT2D eigenvalue weighted by molar-refractivity contribution is 5.66. The lowest BCUT2D eigenvalue weighted by Gasteiger charge is -2.16. The number of aliphatic hydroxyl groups excluding tert-OH is 2. The zero-order valence-corrected chi connectivity index (χ0v) is 15.4. The van der Waals surface area contributed by atoms with Crippen molar-refractivity contribution in [3.05, 3.63) is 23.7 Å². The van der Waals surface area contributed by atoms with Gasteiger partial charge in [0.05, 0.1) is 12.2 Å². The van der Waals surface area contributed by atoms with Gasteiger partial charge in [0.15, 0.2) is 0 Å². The summed E-state index contributed by atoms with van der Waals surface area (Å²) < 4.78 is 19.9. The summed E-state index contributed by atoms with van der Waals surface area (Å²) in [5, 5.41) is 28.9. The summed E-state index contributed by atoms with van der Waals surface area (Å²) in [5.41, 5.74) is 0. The molecule has 0 spiro atoms. The van der Waals surface area contributed by atoms with E-state index in [1.54, 1.807) is 6.08 Å². The Hall–Kier alpha value is -1.40. The van der Waals surface area contributed by atoms with Crippen LogP contribution in [0.15, 0.2) is 23.7 Å². The summed E-state index contributed by atoms with van der Waals surface area (Å²) in [4.78, 5) is 10.5. The number of hydrogen-bond donors (Lipinski definition) is 3. The van der Waals surface area contributed by atoms with Crippen molar-refractivity contribution in [2.75, 3.05) is 0 Å². The Morgan fingerprint density at radius 2 is 2.12 bits per heavy atom.